The smallest absolute Gasteiger partial charge is 0.0638 e. The summed E-state index contributed by atoms with van der Waals surface area (Å²) in [6.45, 7) is 6.52. The van der Waals surface area contributed by atoms with Crippen LogP contribution >= 0.6 is 27.5 Å². The molecule has 0 aromatic heterocycles. The highest BCUT2D eigenvalue weighted by atomic mass is 79.9. The minimum atomic E-state index is 0.418. The van der Waals surface area contributed by atoms with Gasteiger partial charge in [0.25, 0.3) is 0 Å². The summed E-state index contributed by atoms with van der Waals surface area (Å²) < 4.78 is 1.04. The largest absolute Gasteiger partial charge is 0.381 e. The predicted octanol–water partition coefficient (Wildman–Crippen LogP) is 4.56. The summed E-state index contributed by atoms with van der Waals surface area (Å²) in [5.41, 5.74) is 0.988. The van der Waals surface area contributed by atoms with E-state index in [4.69, 9.17) is 11.6 Å². The van der Waals surface area contributed by atoms with Gasteiger partial charge in [0.15, 0.2) is 0 Å². The summed E-state index contributed by atoms with van der Waals surface area (Å²) in [6.07, 6.45) is 0. The Hall–Kier alpha value is -0.210. The molecule has 3 heteroatoms. The molecule has 0 spiro atoms. The minimum Gasteiger partial charge on any atom is -0.381 e. The molecule has 0 aliphatic carbocycles. The monoisotopic (exact) mass is 275 g/mol. The van der Waals surface area contributed by atoms with E-state index in [0.717, 1.165) is 15.2 Å². The van der Waals surface area contributed by atoms with Gasteiger partial charge in [-0.15, -0.1) is 0 Å². The number of halogens is 2. The predicted molar refractivity (Wildman–Crippen MR) is 67.1 cm³/mol. The third-order valence-electron chi connectivity index (χ3n) is 2.31. The van der Waals surface area contributed by atoms with Crippen LogP contribution in [-0.4, -0.2) is 6.04 Å². The fraction of sp³-hybridized carbons (Fsp3) is 0.455. The van der Waals surface area contributed by atoms with Crippen LogP contribution in [0.15, 0.2) is 22.7 Å². The highest BCUT2D eigenvalue weighted by Crippen LogP contribution is 2.26. The van der Waals surface area contributed by atoms with Gasteiger partial charge in [0.05, 0.1) is 10.7 Å². The summed E-state index contributed by atoms with van der Waals surface area (Å²) in [7, 11) is 0. The van der Waals surface area contributed by atoms with Crippen LogP contribution in [0.3, 0.4) is 0 Å². The lowest BCUT2D eigenvalue weighted by Crippen LogP contribution is -2.21. The van der Waals surface area contributed by atoms with Crippen molar-refractivity contribution >= 4 is 33.2 Å². The first-order valence-electron chi connectivity index (χ1n) is 4.72. The first-order chi connectivity index (χ1) is 6.50. The van der Waals surface area contributed by atoms with Crippen LogP contribution in [0.2, 0.25) is 5.02 Å². The van der Waals surface area contributed by atoms with E-state index in [1.165, 1.54) is 0 Å². The summed E-state index contributed by atoms with van der Waals surface area (Å²) >= 11 is 9.49. The number of benzene rings is 1. The molecule has 0 radical (unpaired) electrons. The average Bonchev–Trinajstić information content (AvgIpc) is 2.11. The quantitative estimate of drug-likeness (QED) is 0.853. The molecular weight excluding hydrogens is 261 g/mol. The van der Waals surface area contributed by atoms with Gasteiger partial charge in [-0.3, -0.25) is 0 Å². The molecule has 0 heterocycles. The molecule has 0 aliphatic heterocycles. The fourth-order valence-electron chi connectivity index (χ4n) is 1.02. The van der Waals surface area contributed by atoms with Gasteiger partial charge in [-0.25, -0.2) is 0 Å². The zero-order valence-corrected chi connectivity index (χ0v) is 11.0. The summed E-state index contributed by atoms with van der Waals surface area (Å²) in [6, 6.07) is 6.25. The molecule has 1 aromatic rings. The third-order valence-corrected chi connectivity index (χ3v) is 3.13. The highest BCUT2D eigenvalue weighted by molar-refractivity contribution is 9.10. The van der Waals surface area contributed by atoms with Gasteiger partial charge in [-0.05, 0) is 31.0 Å². The summed E-state index contributed by atoms with van der Waals surface area (Å²) in [4.78, 5) is 0. The second-order valence-corrected chi connectivity index (χ2v) is 5.12. The van der Waals surface area contributed by atoms with Crippen molar-refractivity contribution in [1.29, 1.82) is 0 Å². The minimum absolute atomic E-state index is 0.418. The fourth-order valence-corrected chi connectivity index (χ4v) is 1.55. The van der Waals surface area contributed by atoms with E-state index in [1.54, 1.807) is 0 Å². The lowest BCUT2D eigenvalue weighted by molar-refractivity contribution is 0.560. The number of anilines is 1. The molecule has 1 unspecified atom stereocenters. The lowest BCUT2D eigenvalue weighted by Gasteiger charge is -2.19. The van der Waals surface area contributed by atoms with Crippen LogP contribution in [0, 0.1) is 5.92 Å². The molecule has 0 saturated heterocycles. The molecule has 14 heavy (non-hydrogen) atoms. The van der Waals surface area contributed by atoms with E-state index < -0.39 is 0 Å². The maximum absolute atomic E-state index is 6.06. The molecule has 0 saturated carbocycles. The van der Waals surface area contributed by atoms with Crippen molar-refractivity contribution in [2.45, 2.75) is 26.8 Å². The van der Waals surface area contributed by atoms with Gasteiger partial charge < -0.3 is 5.32 Å². The van der Waals surface area contributed by atoms with Gasteiger partial charge in [-0.2, -0.15) is 0 Å². The van der Waals surface area contributed by atoms with Crippen molar-refractivity contribution in [3.8, 4) is 0 Å². The van der Waals surface area contributed by atoms with E-state index >= 15 is 0 Å². The number of hydrogen-bond donors (Lipinski definition) is 1. The number of nitrogens with one attached hydrogen (secondary N) is 1. The molecule has 0 fully saturated rings. The van der Waals surface area contributed by atoms with Gasteiger partial charge in [0.2, 0.25) is 0 Å². The number of hydrogen-bond acceptors (Lipinski definition) is 1. The molecule has 78 valence electrons. The van der Waals surface area contributed by atoms with Crippen molar-refractivity contribution in [3.05, 3.63) is 27.7 Å². The second kappa shape index (κ2) is 5.04. The van der Waals surface area contributed by atoms with Crippen LogP contribution < -0.4 is 5.32 Å². The van der Waals surface area contributed by atoms with Crippen molar-refractivity contribution in [3.63, 3.8) is 0 Å². The maximum atomic E-state index is 6.06. The van der Waals surface area contributed by atoms with Crippen LogP contribution in [0.1, 0.15) is 20.8 Å². The second-order valence-electron chi connectivity index (χ2n) is 3.80. The molecule has 1 aromatic carbocycles. The third kappa shape index (κ3) is 3.18. The Kier molecular flexibility index (Phi) is 4.27. The van der Waals surface area contributed by atoms with Crippen molar-refractivity contribution < 1.29 is 0 Å². The molecule has 0 bridgehead atoms. The van der Waals surface area contributed by atoms with Crippen LogP contribution in [-0.2, 0) is 0 Å². The SMILES string of the molecule is CC(C)C(C)Nc1cc(Br)ccc1Cl. The Morgan fingerprint density at radius 1 is 1.29 bits per heavy atom. The first kappa shape index (κ1) is 11.9. The Balaban J connectivity index is 2.80. The van der Waals surface area contributed by atoms with Crippen molar-refractivity contribution in [2.75, 3.05) is 5.32 Å². The Bertz CT molecular complexity index is 312. The zero-order chi connectivity index (χ0) is 10.7. The first-order valence-corrected chi connectivity index (χ1v) is 5.89. The van der Waals surface area contributed by atoms with Crippen LogP contribution in [0.4, 0.5) is 5.69 Å². The topological polar surface area (TPSA) is 12.0 Å². The molecule has 1 rings (SSSR count). The highest BCUT2D eigenvalue weighted by Gasteiger charge is 2.08. The number of rotatable bonds is 3. The standard InChI is InChI=1S/C11H15BrClN/c1-7(2)8(3)14-11-6-9(12)4-5-10(11)13/h4-8,14H,1-3H3. The molecule has 1 atom stereocenters. The normalized spacial score (nSPS) is 13.0. The Labute approximate surface area is 99.0 Å². The summed E-state index contributed by atoms with van der Waals surface area (Å²) in [5, 5.41) is 4.15. The van der Waals surface area contributed by atoms with Crippen molar-refractivity contribution in [2.24, 2.45) is 5.92 Å². The summed E-state index contributed by atoms with van der Waals surface area (Å²) in [5.74, 6) is 0.588. The average molecular weight is 277 g/mol. The van der Waals surface area contributed by atoms with Gasteiger partial charge in [0.1, 0.15) is 0 Å². The van der Waals surface area contributed by atoms with Crippen LogP contribution in [0.5, 0.6) is 0 Å². The van der Waals surface area contributed by atoms with E-state index in [9.17, 15) is 0 Å². The van der Waals surface area contributed by atoms with E-state index in [2.05, 4.69) is 42.0 Å². The lowest BCUT2D eigenvalue weighted by atomic mass is 10.1. The van der Waals surface area contributed by atoms with Crippen LogP contribution in [0.25, 0.3) is 0 Å². The van der Waals surface area contributed by atoms with Gasteiger partial charge >= 0.3 is 0 Å². The molecule has 1 N–H and O–H groups in total. The van der Waals surface area contributed by atoms with E-state index in [0.29, 0.717) is 12.0 Å². The van der Waals surface area contributed by atoms with Gasteiger partial charge in [-0.1, -0.05) is 41.4 Å². The Morgan fingerprint density at radius 3 is 2.50 bits per heavy atom. The maximum Gasteiger partial charge on any atom is 0.0638 e. The molecule has 1 nitrogen and oxygen atoms in total. The Morgan fingerprint density at radius 2 is 1.93 bits per heavy atom. The van der Waals surface area contributed by atoms with E-state index in [-0.39, 0.29) is 0 Å². The van der Waals surface area contributed by atoms with Gasteiger partial charge in [0, 0.05) is 10.5 Å². The molecule has 0 amide bonds. The molecule has 0 aliphatic rings. The van der Waals surface area contributed by atoms with Crippen molar-refractivity contribution in [1.82, 2.24) is 0 Å². The zero-order valence-electron chi connectivity index (χ0n) is 8.64. The van der Waals surface area contributed by atoms with E-state index in [1.807, 2.05) is 18.2 Å². The molecular formula is C11H15BrClN.